The predicted octanol–water partition coefficient (Wildman–Crippen LogP) is 1.79. The number of benzene rings is 1. The van der Waals surface area contributed by atoms with Crippen molar-refractivity contribution in [2.75, 3.05) is 0 Å². The Hall–Kier alpha value is -2.64. The molecule has 8 heteroatoms. The summed E-state index contributed by atoms with van der Waals surface area (Å²) in [5, 5.41) is 2.28. The van der Waals surface area contributed by atoms with Gasteiger partial charge in [-0.05, 0) is 25.0 Å². The number of halogens is 2. The van der Waals surface area contributed by atoms with Gasteiger partial charge in [0.25, 0.3) is 5.56 Å². The van der Waals surface area contributed by atoms with Gasteiger partial charge in [-0.25, -0.2) is 4.98 Å². The number of hydrogen-bond donors (Lipinski definition) is 1. The number of fused-ring (bicyclic) bond motifs is 1. The van der Waals surface area contributed by atoms with Crippen LogP contribution < -0.4 is 10.9 Å². The van der Waals surface area contributed by atoms with Crippen LogP contribution in [0.3, 0.4) is 0 Å². The second kappa shape index (κ2) is 5.47. The number of nitrogens with zero attached hydrogens (tertiary/aromatic N) is 2. The van der Waals surface area contributed by atoms with Crippen LogP contribution in [0.4, 0.5) is 8.78 Å². The van der Waals surface area contributed by atoms with Crippen LogP contribution in [0.25, 0.3) is 10.9 Å². The van der Waals surface area contributed by atoms with Gasteiger partial charge in [-0.15, -0.1) is 0 Å². The average Bonchev–Trinajstić information content (AvgIpc) is 2.47. The molecule has 24 heavy (non-hydrogen) atoms. The van der Waals surface area contributed by atoms with E-state index in [1.165, 1.54) is 6.07 Å². The normalized spacial score (nSPS) is 18.8. The van der Waals surface area contributed by atoms with Crippen molar-refractivity contribution in [3.05, 3.63) is 39.9 Å². The summed E-state index contributed by atoms with van der Waals surface area (Å²) in [4.78, 5) is 40.2. The monoisotopic (exact) mass is 335 g/mol. The molecule has 1 aliphatic rings. The lowest BCUT2D eigenvalue weighted by Crippen LogP contribution is -2.46. The van der Waals surface area contributed by atoms with Crippen LogP contribution in [-0.2, 0) is 15.5 Å². The lowest BCUT2D eigenvalue weighted by Gasteiger charge is -2.27. The molecule has 1 aliphatic heterocycles. The molecule has 1 atom stereocenters. The molecule has 2 amide bonds. The van der Waals surface area contributed by atoms with E-state index in [4.69, 9.17) is 0 Å². The highest BCUT2D eigenvalue weighted by molar-refractivity contribution is 5.99. The Morgan fingerprint density at radius 1 is 1.29 bits per heavy atom. The molecule has 2 heterocycles. The van der Waals surface area contributed by atoms with Crippen molar-refractivity contribution in [2.45, 2.75) is 38.7 Å². The van der Waals surface area contributed by atoms with Gasteiger partial charge < -0.3 is 0 Å². The number of alkyl halides is 2. The third-order valence-corrected chi connectivity index (χ3v) is 4.05. The zero-order chi connectivity index (χ0) is 17.6. The zero-order valence-electron chi connectivity index (χ0n) is 13.1. The first kappa shape index (κ1) is 16.2. The van der Waals surface area contributed by atoms with Crippen LogP contribution in [-0.4, -0.2) is 21.4 Å². The summed E-state index contributed by atoms with van der Waals surface area (Å²) in [6.45, 7) is 2.29. The minimum Gasteiger partial charge on any atom is -0.295 e. The van der Waals surface area contributed by atoms with E-state index in [2.05, 4.69) is 10.3 Å². The van der Waals surface area contributed by atoms with E-state index in [1.807, 2.05) is 0 Å². The molecular formula is C16H15F2N3O3. The highest BCUT2D eigenvalue weighted by Gasteiger charge is 2.38. The number of amides is 2. The third-order valence-electron chi connectivity index (χ3n) is 4.05. The summed E-state index contributed by atoms with van der Waals surface area (Å²) < 4.78 is 28.9. The van der Waals surface area contributed by atoms with Crippen molar-refractivity contribution >= 4 is 22.7 Å². The smallest absolute Gasteiger partial charge is 0.295 e. The number of piperidine rings is 1. The zero-order valence-corrected chi connectivity index (χ0v) is 13.1. The second-order valence-electron chi connectivity index (χ2n) is 5.93. The first-order valence-electron chi connectivity index (χ1n) is 7.44. The molecule has 0 spiro atoms. The van der Waals surface area contributed by atoms with E-state index in [-0.39, 0.29) is 23.7 Å². The van der Waals surface area contributed by atoms with Crippen molar-refractivity contribution in [1.29, 1.82) is 0 Å². The average molecular weight is 335 g/mol. The summed E-state index contributed by atoms with van der Waals surface area (Å²) in [7, 11) is 0. The standard InChI is InChI=1S/C16H15F2N3O3/c1-8-4-3-5-9-12(8)14(24)21(15(19-9)16(2,17)18)10-6-7-11(22)20-13(10)23/h3-5,10H,6-7H2,1-2H3,(H,20,22,23). The molecule has 126 valence electrons. The number of carbonyl (C=O) groups is 2. The summed E-state index contributed by atoms with van der Waals surface area (Å²) in [6.07, 6.45) is -0.0455. The maximum atomic E-state index is 14.1. The summed E-state index contributed by atoms with van der Waals surface area (Å²) >= 11 is 0. The van der Waals surface area contributed by atoms with Crippen molar-refractivity contribution < 1.29 is 18.4 Å². The van der Waals surface area contributed by atoms with Crippen molar-refractivity contribution in [2.24, 2.45) is 0 Å². The number of nitrogens with one attached hydrogen (secondary N) is 1. The number of rotatable bonds is 2. The molecular weight excluding hydrogens is 320 g/mol. The largest absolute Gasteiger partial charge is 0.302 e. The summed E-state index contributed by atoms with van der Waals surface area (Å²) in [5.41, 5.74) is 0.0289. The molecule has 1 N–H and O–H groups in total. The molecule has 1 saturated heterocycles. The Kier molecular flexibility index (Phi) is 3.70. The molecule has 6 nitrogen and oxygen atoms in total. The van der Waals surface area contributed by atoms with E-state index >= 15 is 0 Å². The van der Waals surface area contributed by atoms with Gasteiger partial charge in [-0.1, -0.05) is 12.1 Å². The van der Waals surface area contributed by atoms with Crippen LogP contribution in [0, 0.1) is 6.92 Å². The van der Waals surface area contributed by atoms with Crippen LogP contribution in [0.1, 0.15) is 37.2 Å². The lowest BCUT2D eigenvalue weighted by atomic mass is 10.0. The third kappa shape index (κ3) is 2.57. The Labute approximate surface area is 135 Å². The maximum absolute atomic E-state index is 14.1. The van der Waals surface area contributed by atoms with Crippen molar-refractivity contribution in [1.82, 2.24) is 14.9 Å². The topological polar surface area (TPSA) is 81.1 Å². The van der Waals surface area contributed by atoms with Crippen LogP contribution in [0.15, 0.2) is 23.0 Å². The fraction of sp³-hybridized carbons (Fsp3) is 0.375. The van der Waals surface area contributed by atoms with Gasteiger partial charge in [0.1, 0.15) is 6.04 Å². The van der Waals surface area contributed by atoms with Gasteiger partial charge in [0.05, 0.1) is 10.9 Å². The Balaban J connectivity index is 2.34. The molecule has 0 bridgehead atoms. The van der Waals surface area contributed by atoms with E-state index < -0.39 is 35.2 Å². The van der Waals surface area contributed by atoms with Gasteiger partial charge in [-0.2, -0.15) is 8.78 Å². The van der Waals surface area contributed by atoms with E-state index in [9.17, 15) is 23.2 Å². The maximum Gasteiger partial charge on any atom is 0.302 e. The molecule has 0 radical (unpaired) electrons. The second-order valence-corrected chi connectivity index (χ2v) is 5.93. The SMILES string of the molecule is Cc1cccc2nc(C(C)(F)F)n(C3CCC(=O)NC3=O)c(=O)c12. The first-order valence-corrected chi connectivity index (χ1v) is 7.44. The van der Waals surface area contributed by atoms with Gasteiger partial charge in [-0.3, -0.25) is 24.3 Å². The van der Waals surface area contributed by atoms with E-state index in [0.717, 1.165) is 4.57 Å². The molecule has 1 aromatic heterocycles. The highest BCUT2D eigenvalue weighted by atomic mass is 19.3. The number of imide groups is 1. The Bertz CT molecular complexity index is 915. The molecule has 3 rings (SSSR count). The van der Waals surface area contributed by atoms with E-state index in [1.54, 1.807) is 19.1 Å². The van der Waals surface area contributed by atoms with Gasteiger partial charge in [0, 0.05) is 13.3 Å². The Morgan fingerprint density at radius 2 is 2.00 bits per heavy atom. The quantitative estimate of drug-likeness (QED) is 0.849. The van der Waals surface area contributed by atoms with Gasteiger partial charge >= 0.3 is 5.92 Å². The van der Waals surface area contributed by atoms with Crippen LogP contribution in [0.2, 0.25) is 0 Å². The fourth-order valence-electron chi connectivity index (χ4n) is 2.94. The van der Waals surface area contributed by atoms with Crippen molar-refractivity contribution in [3.8, 4) is 0 Å². The van der Waals surface area contributed by atoms with E-state index in [0.29, 0.717) is 12.5 Å². The molecule has 1 aromatic carbocycles. The molecule has 1 fully saturated rings. The number of aromatic nitrogens is 2. The minimum absolute atomic E-state index is 0.0211. The highest BCUT2D eigenvalue weighted by Crippen LogP contribution is 2.30. The van der Waals surface area contributed by atoms with Gasteiger partial charge in [0.2, 0.25) is 11.8 Å². The molecule has 0 aliphatic carbocycles. The number of aryl methyl sites for hydroxylation is 1. The molecule has 1 unspecified atom stereocenters. The van der Waals surface area contributed by atoms with Crippen LogP contribution >= 0.6 is 0 Å². The number of hydrogen-bond acceptors (Lipinski definition) is 4. The van der Waals surface area contributed by atoms with Crippen LogP contribution in [0.5, 0.6) is 0 Å². The fourth-order valence-corrected chi connectivity index (χ4v) is 2.94. The predicted molar refractivity (Wildman–Crippen MR) is 81.7 cm³/mol. The number of carbonyl (C=O) groups excluding carboxylic acids is 2. The minimum atomic E-state index is -3.42. The summed E-state index contributed by atoms with van der Waals surface area (Å²) in [5.74, 6) is -5.45. The first-order chi connectivity index (χ1) is 11.2. The Morgan fingerprint density at radius 3 is 2.62 bits per heavy atom. The van der Waals surface area contributed by atoms with Gasteiger partial charge in [0.15, 0.2) is 5.82 Å². The summed E-state index contributed by atoms with van der Waals surface area (Å²) in [6, 6.07) is 3.59. The molecule has 0 saturated carbocycles. The lowest BCUT2D eigenvalue weighted by molar-refractivity contribution is -0.136. The molecule has 2 aromatic rings. The van der Waals surface area contributed by atoms with Crippen molar-refractivity contribution in [3.63, 3.8) is 0 Å².